The number of nitrogens with one attached hydrogen (secondary N) is 1. The topological polar surface area (TPSA) is 55.4 Å². The van der Waals surface area contributed by atoms with Crippen LogP contribution in [0.2, 0.25) is 5.02 Å². The van der Waals surface area contributed by atoms with Crippen LogP contribution in [-0.4, -0.2) is 19.0 Å². The highest BCUT2D eigenvalue weighted by Gasteiger charge is 2.45. The molecule has 1 aliphatic carbocycles. The smallest absolute Gasteiger partial charge is 0.338 e. The molecular weight excluding hydrogens is 338 g/mol. The third-order valence-corrected chi connectivity index (χ3v) is 5.28. The van der Waals surface area contributed by atoms with Crippen LogP contribution in [0.15, 0.2) is 42.5 Å². The van der Waals surface area contributed by atoms with E-state index in [1.54, 1.807) is 25.1 Å². The van der Waals surface area contributed by atoms with Crippen molar-refractivity contribution in [2.75, 3.05) is 12.4 Å². The maximum Gasteiger partial charge on any atom is 0.338 e. The van der Waals surface area contributed by atoms with E-state index in [-0.39, 0.29) is 5.91 Å². The van der Waals surface area contributed by atoms with Crippen molar-refractivity contribution in [2.24, 2.45) is 0 Å². The first kappa shape index (κ1) is 17.5. The lowest BCUT2D eigenvalue weighted by molar-refractivity contribution is -0.124. The Hall–Kier alpha value is -2.33. The molecule has 2 aromatic carbocycles. The highest BCUT2D eigenvalue weighted by atomic mass is 35.5. The van der Waals surface area contributed by atoms with Gasteiger partial charge in [0.05, 0.1) is 18.1 Å². The Labute approximate surface area is 152 Å². The second-order valence-electron chi connectivity index (χ2n) is 6.37. The number of carbonyl (C=O) groups is 2. The second kappa shape index (κ2) is 6.89. The van der Waals surface area contributed by atoms with Crippen molar-refractivity contribution in [1.29, 1.82) is 0 Å². The molecular formula is C20H20ClNO3. The zero-order chi connectivity index (χ0) is 18.0. The zero-order valence-corrected chi connectivity index (χ0v) is 15.0. The van der Waals surface area contributed by atoms with Gasteiger partial charge in [0.1, 0.15) is 0 Å². The summed E-state index contributed by atoms with van der Waals surface area (Å²) in [4.78, 5) is 24.9. The molecule has 1 fully saturated rings. The molecule has 0 unspecified atom stereocenters. The van der Waals surface area contributed by atoms with Crippen molar-refractivity contribution in [1.82, 2.24) is 0 Å². The minimum atomic E-state index is -0.529. The summed E-state index contributed by atoms with van der Waals surface area (Å²) in [7, 11) is 1.34. The molecule has 4 nitrogen and oxygen atoms in total. The summed E-state index contributed by atoms with van der Waals surface area (Å²) >= 11 is 5.97. The molecule has 0 aliphatic heterocycles. The van der Waals surface area contributed by atoms with Crippen LogP contribution in [0.1, 0.15) is 40.7 Å². The Bertz CT molecular complexity index is 810. The van der Waals surface area contributed by atoms with Crippen molar-refractivity contribution in [3.8, 4) is 0 Å². The van der Waals surface area contributed by atoms with Gasteiger partial charge in [-0.05, 0) is 55.2 Å². The predicted molar refractivity (Wildman–Crippen MR) is 98.1 cm³/mol. The number of methoxy groups -OCH3 is 1. The minimum Gasteiger partial charge on any atom is -0.465 e. The van der Waals surface area contributed by atoms with E-state index in [9.17, 15) is 9.59 Å². The molecule has 25 heavy (non-hydrogen) atoms. The fourth-order valence-electron chi connectivity index (χ4n) is 3.29. The van der Waals surface area contributed by atoms with E-state index in [0.717, 1.165) is 24.8 Å². The van der Waals surface area contributed by atoms with Gasteiger partial charge in [-0.2, -0.15) is 0 Å². The summed E-state index contributed by atoms with van der Waals surface area (Å²) in [5, 5.41) is 3.66. The van der Waals surface area contributed by atoms with Crippen LogP contribution in [0, 0.1) is 6.92 Å². The fraction of sp³-hybridized carbons (Fsp3) is 0.300. The van der Waals surface area contributed by atoms with Gasteiger partial charge in [-0.25, -0.2) is 4.79 Å². The van der Waals surface area contributed by atoms with Crippen LogP contribution in [0.4, 0.5) is 5.69 Å². The number of hydrogen-bond acceptors (Lipinski definition) is 3. The lowest BCUT2D eigenvalue weighted by Crippen LogP contribution is -2.46. The minimum absolute atomic E-state index is 0.0498. The SMILES string of the molecule is COC(=O)c1cccc(NC(=O)C2(c3ccc(Cl)cc3)CCC2)c1C. The number of amides is 1. The van der Waals surface area contributed by atoms with Gasteiger partial charge in [0, 0.05) is 10.7 Å². The summed E-state index contributed by atoms with van der Waals surface area (Å²) in [5.41, 5.74) is 2.23. The summed E-state index contributed by atoms with van der Waals surface area (Å²) in [6, 6.07) is 12.7. The maximum absolute atomic E-state index is 13.0. The number of rotatable bonds is 4. The first-order chi connectivity index (χ1) is 12.0. The Morgan fingerprint density at radius 2 is 1.80 bits per heavy atom. The van der Waals surface area contributed by atoms with Gasteiger partial charge in [0.15, 0.2) is 0 Å². The standard InChI is InChI=1S/C20H20ClNO3/c1-13-16(18(23)25-2)5-3-6-17(13)22-19(24)20(11-4-12-20)14-7-9-15(21)10-8-14/h3,5-10H,4,11-12H2,1-2H3,(H,22,24). The molecule has 3 rings (SSSR count). The number of anilines is 1. The average molecular weight is 358 g/mol. The average Bonchev–Trinajstić information content (AvgIpc) is 2.57. The van der Waals surface area contributed by atoms with Crippen LogP contribution >= 0.6 is 11.6 Å². The van der Waals surface area contributed by atoms with Gasteiger partial charge in [-0.15, -0.1) is 0 Å². The Morgan fingerprint density at radius 1 is 1.12 bits per heavy atom. The largest absolute Gasteiger partial charge is 0.465 e. The molecule has 0 radical (unpaired) electrons. The molecule has 2 aromatic rings. The Morgan fingerprint density at radius 3 is 2.36 bits per heavy atom. The van der Waals surface area contributed by atoms with Crippen LogP contribution in [0.25, 0.3) is 0 Å². The monoisotopic (exact) mass is 357 g/mol. The number of halogens is 1. The summed E-state index contributed by atoms with van der Waals surface area (Å²) < 4.78 is 4.79. The first-order valence-corrected chi connectivity index (χ1v) is 8.61. The van der Waals surface area contributed by atoms with Crippen molar-refractivity contribution >= 4 is 29.2 Å². The fourth-order valence-corrected chi connectivity index (χ4v) is 3.42. The van der Waals surface area contributed by atoms with Gasteiger partial charge in [-0.1, -0.05) is 36.2 Å². The van der Waals surface area contributed by atoms with Crippen molar-refractivity contribution in [3.05, 3.63) is 64.2 Å². The van der Waals surface area contributed by atoms with E-state index in [1.165, 1.54) is 7.11 Å². The van der Waals surface area contributed by atoms with Gasteiger partial charge in [0.2, 0.25) is 5.91 Å². The highest BCUT2D eigenvalue weighted by molar-refractivity contribution is 6.30. The second-order valence-corrected chi connectivity index (χ2v) is 6.80. The van der Waals surface area contributed by atoms with Gasteiger partial charge < -0.3 is 10.1 Å². The molecule has 5 heteroatoms. The van der Waals surface area contributed by atoms with Crippen LogP contribution in [0.5, 0.6) is 0 Å². The molecule has 1 amide bonds. The van der Waals surface area contributed by atoms with E-state index >= 15 is 0 Å². The number of esters is 1. The van der Waals surface area contributed by atoms with Gasteiger partial charge in [0.25, 0.3) is 0 Å². The Kier molecular flexibility index (Phi) is 4.82. The van der Waals surface area contributed by atoms with Gasteiger partial charge >= 0.3 is 5.97 Å². The number of hydrogen-bond donors (Lipinski definition) is 1. The zero-order valence-electron chi connectivity index (χ0n) is 14.3. The quantitative estimate of drug-likeness (QED) is 0.820. The first-order valence-electron chi connectivity index (χ1n) is 8.23. The molecule has 1 aliphatic rings. The van der Waals surface area contributed by atoms with Crippen molar-refractivity contribution < 1.29 is 14.3 Å². The van der Waals surface area contributed by atoms with E-state index in [4.69, 9.17) is 16.3 Å². The molecule has 0 heterocycles. The molecule has 0 atom stereocenters. The molecule has 1 N–H and O–H groups in total. The third-order valence-electron chi connectivity index (χ3n) is 5.03. The lowest BCUT2D eigenvalue weighted by Gasteiger charge is -2.41. The molecule has 1 saturated carbocycles. The summed E-state index contributed by atoms with van der Waals surface area (Å²) in [5.74, 6) is -0.462. The van der Waals surface area contributed by atoms with Crippen LogP contribution in [0.3, 0.4) is 0 Å². The third kappa shape index (κ3) is 3.14. The summed E-state index contributed by atoms with van der Waals surface area (Å²) in [6.07, 6.45) is 2.61. The lowest BCUT2D eigenvalue weighted by atomic mass is 9.63. The predicted octanol–water partition coefficient (Wildman–Crippen LogP) is 4.50. The number of ether oxygens (including phenoxy) is 1. The normalized spacial score (nSPS) is 15.2. The molecule has 130 valence electrons. The molecule has 0 spiro atoms. The number of carbonyl (C=O) groups excluding carboxylic acids is 2. The van der Waals surface area contributed by atoms with E-state index in [1.807, 2.05) is 24.3 Å². The Balaban J connectivity index is 1.89. The van der Waals surface area contributed by atoms with Crippen molar-refractivity contribution in [2.45, 2.75) is 31.6 Å². The van der Waals surface area contributed by atoms with Crippen molar-refractivity contribution in [3.63, 3.8) is 0 Å². The number of benzene rings is 2. The van der Waals surface area contributed by atoms with E-state index in [2.05, 4.69) is 5.32 Å². The molecule has 0 bridgehead atoms. The van der Waals surface area contributed by atoms with Gasteiger partial charge in [-0.3, -0.25) is 4.79 Å². The molecule has 0 aromatic heterocycles. The van der Waals surface area contributed by atoms with E-state index < -0.39 is 11.4 Å². The van der Waals surface area contributed by atoms with E-state index in [0.29, 0.717) is 21.8 Å². The summed E-state index contributed by atoms with van der Waals surface area (Å²) in [6.45, 7) is 1.80. The molecule has 0 saturated heterocycles. The maximum atomic E-state index is 13.0. The highest BCUT2D eigenvalue weighted by Crippen LogP contribution is 2.45. The van der Waals surface area contributed by atoms with Crippen LogP contribution < -0.4 is 5.32 Å². The van der Waals surface area contributed by atoms with Crippen LogP contribution in [-0.2, 0) is 14.9 Å².